The third-order valence-corrected chi connectivity index (χ3v) is 3.50. The minimum absolute atomic E-state index is 0.447. The van der Waals surface area contributed by atoms with E-state index in [4.69, 9.17) is 14.2 Å². The molecule has 1 aromatic carbocycles. The molecule has 1 saturated carbocycles. The highest BCUT2D eigenvalue weighted by molar-refractivity contribution is 5.38. The first-order valence-corrected chi connectivity index (χ1v) is 6.82. The summed E-state index contributed by atoms with van der Waals surface area (Å²) in [6, 6.07) is 6.52. The predicted molar refractivity (Wildman–Crippen MR) is 74.8 cm³/mol. The Bertz CT molecular complexity index is 380. The molecule has 4 heteroatoms. The molecule has 0 spiro atoms. The lowest BCUT2D eigenvalue weighted by Crippen LogP contribution is -2.45. The van der Waals surface area contributed by atoms with Gasteiger partial charge >= 0.3 is 0 Å². The maximum absolute atomic E-state index is 5.55. The Hall–Kier alpha value is -1.26. The van der Waals surface area contributed by atoms with E-state index < -0.39 is 0 Å². The third-order valence-electron chi connectivity index (χ3n) is 3.50. The van der Waals surface area contributed by atoms with Crippen molar-refractivity contribution in [1.82, 2.24) is 5.32 Å². The molecule has 1 N–H and O–H groups in total. The molecule has 0 aliphatic heterocycles. The molecule has 0 unspecified atom stereocenters. The summed E-state index contributed by atoms with van der Waals surface area (Å²) in [6.07, 6.45) is 2.66. The third kappa shape index (κ3) is 3.85. The Morgan fingerprint density at radius 2 is 1.74 bits per heavy atom. The van der Waals surface area contributed by atoms with E-state index in [-0.39, 0.29) is 0 Å². The number of methoxy groups -OCH3 is 2. The smallest absolute Gasteiger partial charge is 0.122 e. The second kappa shape index (κ2) is 6.78. The predicted octanol–water partition coefficient (Wildman–Crippen LogP) is 2.36. The number of hydrogen-bond acceptors (Lipinski definition) is 4. The van der Waals surface area contributed by atoms with E-state index in [1.807, 2.05) is 25.1 Å². The van der Waals surface area contributed by atoms with Crippen LogP contribution in [-0.4, -0.2) is 33.0 Å². The van der Waals surface area contributed by atoms with Gasteiger partial charge in [0.05, 0.1) is 20.3 Å². The largest absolute Gasteiger partial charge is 0.497 e. The van der Waals surface area contributed by atoms with Crippen molar-refractivity contribution in [1.29, 1.82) is 0 Å². The zero-order valence-corrected chi connectivity index (χ0v) is 11.9. The van der Waals surface area contributed by atoms with Crippen LogP contribution in [0.1, 0.15) is 25.3 Å². The van der Waals surface area contributed by atoms with Crippen LogP contribution < -0.4 is 14.8 Å². The van der Waals surface area contributed by atoms with Crippen LogP contribution in [0, 0.1) is 0 Å². The first-order chi connectivity index (χ1) is 9.25. The van der Waals surface area contributed by atoms with Gasteiger partial charge in [-0.2, -0.15) is 0 Å². The maximum Gasteiger partial charge on any atom is 0.122 e. The average molecular weight is 265 g/mol. The maximum atomic E-state index is 5.55. The van der Waals surface area contributed by atoms with Gasteiger partial charge in [0.25, 0.3) is 0 Å². The fourth-order valence-corrected chi connectivity index (χ4v) is 2.33. The summed E-state index contributed by atoms with van der Waals surface area (Å²) in [7, 11) is 3.34. The van der Waals surface area contributed by atoms with Crippen molar-refractivity contribution in [3.05, 3.63) is 23.8 Å². The SMILES string of the molecule is CCOC1CC(NCc2cc(OC)cc(OC)c2)C1. The van der Waals surface area contributed by atoms with Crippen LogP contribution in [0.4, 0.5) is 0 Å². The van der Waals surface area contributed by atoms with Crippen LogP contribution in [0.5, 0.6) is 11.5 Å². The lowest BCUT2D eigenvalue weighted by Gasteiger charge is -2.35. The van der Waals surface area contributed by atoms with Gasteiger partial charge in [-0.25, -0.2) is 0 Å². The monoisotopic (exact) mass is 265 g/mol. The van der Waals surface area contributed by atoms with Crippen molar-refractivity contribution in [2.45, 2.75) is 38.5 Å². The summed E-state index contributed by atoms with van der Waals surface area (Å²) in [4.78, 5) is 0. The van der Waals surface area contributed by atoms with Crippen molar-refractivity contribution in [2.24, 2.45) is 0 Å². The molecule has 0 radical (unpaired) electrons. The Kier molecular flexibility index (Phi) is 5.05. The van der Waals surface area contributed by atoms with Gasteiger partial charge in [-0.3, -0.25) is 0 Å². The van der Waals surface area contributed by atoms with Gasteiger partial charge < -0.3 is 19.5 Å². The molecule has 1 aliphatic rings. The van der Waals surface area contributed by atoms with Crippen LogP contribution in [0.3, 0.4) is 0 Å². The zero-order valence-electron chi connectivity index (χ0n) is 11.9. The lowest BCUT2D eigenvalue weighted by molar-refractivity contribution is -0.0102. The molecule has 0 saturated heterocycles. The van der Waals surface area contributed by atoms with Crippen LogP contribution in [0.25, 0.3) is 0 Å². The van der Waals surface area contributed by atoms with Crippen molar-refractivity contribution in [3.8, 4) is 11.5 Å². The normalized spacial score (nSPS) is 21.8. The quantitative estimate of drug-likeness (QED) is 0.821. The van der Waals surface area contributed by atoms with Crippen LogP contribution in [-0.2, 0) is 11.3 Å². The van der Waals surface area contributed by atoms with E-state index in [1.165, 1.54) is 5.56 Å². The number of benzene rings is 1. The number of rotatable bonds is 7. The highest BCUT2D eigenvalue weighted by atomic mass is 16.5. The Morgan fingerprint density at radius 1 is 1.11 bits per heavy atom. The molecule has 1 aromatic rings. The van der Waals surface area contributed by atoms with Gasteiger partial charge in [0.1, 0.15) is 11.5 Å². The van der Waals surface area contributed by atoms with Gasteiger partial charge in [0.2, 0.25) is 0 Å². The summed E-state index contributed by atoms with van der Waals surface area (Å²) < 4.78 is 16.1. The summed E-state index contributed by atoms with van der Waals surface area (Å²) in [5, 5.41) is 3.54. The van der Waals surface area contributed by atoms with E-state index in [2.05, 4.69) is 5.32 Å². The van der Waals surface area contributed by atoms with Gasteiger partial charge in [-0.05, 0) is 37.5 Å². The highest BCUT2D eigenvalue weighted by Crippen LogP contribution is 2.25. The van der Waals surface area contributed by atoms with Crippen LogP contribution >= 0.6 is 0 Å². The zero-order chi connectivity index (χ0) is 13.7. The Labute approximate surface area is 115 Å². The molecule has 2 rings (SSSR count). The molecule has 0 amide bonds. The van der Waals surface area contributed by atoms with Crippen molar-refractivity contribution in [2.75, 3.05) is 20.8 Å². The van der Waals surface area contributed by atoms with Crippen molar-refractivity contribution >= 4 is 0 Å². The Morgan fingerprint density at radius 3 is 2.26 bits per heavy atom. The molecule has 0 heterocycles. The van der Waals surface area contributed by atoms with Gasteiger partial charge in [0, 0.05) is 25.3 Å². The molecule has 1 aliphatic carbocycles. The summed E-state index contributed by atoms with van der Waals surface area (Å²) >= 11 is 0. The van der Waals surface area contributed by atoms with E-state index in [1.54, 1.807) is 14.2 Å². The summed E-state index contributed by atoms with van der Waals surface area (Å²) in [5.74, 6) is 1.66. The standard InChI is InChI=1S/C15H23NO3/c1-4-19-15-7-12(8-15)16-10-11-5-13(17-2)9-14(6-11)18-3/h5-6,9,12,15-16H,4,7-8,10H2,1-3H3. The average Bonchev–Trinajstić information content (AvgIpc) is 2.40. The van der Waals surface area contributed by atoms with Crippen molar-refractivity contribution < 1.29 is 14.2 Å². The molecule has 0 atom stereocenters. The second-order valence-corrected chi connectivity index (χ2v) is 4.85. The van der Waals surface area contributed by atoms with E-state index in [0.29, 0.717) is 12.1 Å². The van der Waals surface area contributed by atoms with E-state index in [9.17, 15) is 0 Å². The fraction of sp³-hybridized carbons (Fsp3) is 0.600. The van der Waals surface area contributed by atoms with Gasteiger partial charge in [0.15, 0.2) is 0 Å². The Balaban J connectivity index is 1.83. The molecular formula is C15H23NO3. The summed E-state index contributed by atoms with van der Waals surface area (Å²) in [6.45, 7) is 3.69. The molecule has 4 nitrogen and oxygen atoms in total. The highest BCUT2D eigenvalue weighted by Gasteiger charge is 2.28. The minimum Gasteiger partial charge on any atom is -0.497 e. The molecule has 1 fully saturated rings. The number of hydrogen-bond donors (Lipinski definition) is 1. The fourth-order valence-electron chi connectivity index (χ4n) is 2.33. The molecular weight excluding hydrogens is 242 g/mol. The first-order valence-electron chi connectivity index (χ1n) is 6.82. The minimum atomic E-state index is 0.447. The molecule has 106 valence electrons. The first kappa shape index (κ1) is 14.2. The molecule has 0 bridgehead atoms. The molecule has 19 heavy (non-hydrogen) atoms. The van der Waals surface area contributed by atoms with Crippen LogP contribution in [0.2, 0.25) is 0 Å². The van der Waals surface area contributed by atoms with E-state index >= 15 is 0 Å². The van der Waals surface area contributed by atoms with Crippen LogP contribution in [0.15, 0.2) is 18.2 Å². The summed E-state index contributed by atoms with van der Waals surface area (Å²) in [5.41, 5.74) is 1.18. The van der Waals surface area contributed by atoms with Crippen molar-refractivity contribution in [3.63, 3.8) is 0 Å². The van der Waals surface area contributed by atoms with Gasteiger partial charge in [-0.15, -0.1) is 0 Å². The number of ether oxygens (including phenoxy) is 3. The lowest BCUT2D eigenvalue weighted by atomic mass is 9.89. The van der Waals surface area contributed by atoms with Gasteiger partial charge in [-0.1, -0.05) is 0 Å². The van der Waals surface area contributed by atoms with E-state index in [0.717, 1.165) is 37.5 Å². The topological polar surface area (TPSA) is 39.7 Å². The number of nitrogens with one attached hydrogen (secondary N) is 1. The molecule has 0 aromatic heterocycles. The second-order valence-electron chi connectivity index (χ2n) is 4.85.